The van der Waals surface area contributed by atoms with E-state index in [1.165, 1.54) is 12.1 Å². The molecule has 25 heavy (non-hydrogen) atoms. The smallest absolute Gasteiger partial charge is 0.381 e. The molecular weight excluding hydrogens is 331 g/mol. The van der Waals surface area contributed by atoms with Crippen LogP contribution in [-0.2, 0) is 29.9 Å². The Kier molecular flexibility index (Phi) is 5.15. The van der Waals surface area contributed by atoms with Gasteiger partial charge in [0.1, 0.15) is 0 Å². The van der Waals surface area contributed by atoms with Crippen molar-refractivity contribution in [2.45, 2.75) is 31.0 Å². The Labute approximate surface area is 145 Å². The third kappa shape index (κ3) is 4.22. The second-order valence-corrected chi connectivity index (χ2v) is 6.60. The molecule has 4 nitrogen and oxygen atoms in total. The number of alkyl halides is 3. The van der Waals surface area contributed by atoms with E-state index in [-0.39, 0.29) is 5.41 Å². The van der Waals surface area contributed by atoms with Crippen molar-refractivity contribution in [2.75, 3.05) is 19.8 Å². The van der Waals surface area contributed by atoms with E-state index in [0.717, 1.165) is 17.2 Å². The maximum Gasteiger partial charge on any atom is 0.416 e. The number of aromatic nitrogens is 2. The standard InChI is InChI=1S/C18H22F3N3O/c1-24-12-14(11-23-24)10-22-13-17(5-7-25-8-6-17)15-3-2-4-16(9-15)18(19,20)21/h2-4,9,11-12,22H,5-8,10,13H2,1H3. The van der Waals surface area contributed by atoms with Crippen molar-refractivity contribution in [2.24, 2.45) is 7.05 Å². The van der Waals surface area contributed by atoms with Crippen molar-refractivity contribution in [1.82, 2.24) is 15.1 Å². The molecular formula is C18H22F3N3O. The summed E-state index contributed by atoms with van der Waals surface area (Å²) in [5.74, 6) is 0. The quantitative estimate of drug-likeness (QED) is 0.897. The number of hydrogen-bond acceptors (Lipinski definition) is 3. The minimum atomic E-state index is -4.33. The van der Waals surface area contributed by atoms with Crippen molar-refractivity contribution >= 4 is 0 Å². The Bertz CT molecular complexity index is 706. The van der Waals surface area contributed by atoms with E-state index in [1.54, 1.807) is 16.9 Å². The third-order valence-corrected chi connectivity index (χ3v) is 4.80. The predicted octanol–water partition coefficient (Wildman–Crippen LogP) is 3.28. The molecule has 0 radical (unpaired) electrons. The zero-order valence-corrected chi connectivity index (χ0v) is 14.1. The van der Waals surface area contributed by atoms with Crippen molar-refractivity contribution in [1.29, 1.82) is 0 Å². The van der Waals surface area contributed by atoms with Crippen LogP contribution >= 0.6 is 0 Å². The third-order valence-electron chi connectivity index (χ3n) is 4.80. The Morgan fingerprint density at radius 2 is 2.04 bits per heavy atom. The lowest BCUT2D eigenvalue weighted by Crippen LogP contribution is -2.42. The second kappa shape index (κ2) is 7.17. The summed E-state index contributed by atoms with van der Waals surface area (Å²) in [7, 11) is 1.85. The van der Waals surface area contributed by atoms with E-state index in [9.17, 15) is 13.2 Å². The summed E-state index contributed by atoms with van der Waals surface area (Å²) in [4.78, 5) is 0. The number of aryl methyl sites for hydroxylation is 1. The van der Waals surface area contributed by atoms with Crippen molar-refractivity contribution in [3.63, 3.8) is 0 Å². The van der Waals surface area contributed by atoms with Crippen molar-refractivity contribution < 1.29 is 17.9 Å². The molecule has 0 bridgehead atoms. The van der Waals surface area contributed by atoms with E-state index in [4.69, 9.17) is 4.74 Å². The minimum absolute atomic E-state index is 0.346. The average Bonchev–Trinajstić information content (AvgIpc) is 3.00. The van der Waals surface area contributed by atoms with Crippen LogP contribution in [-0.4, -0.2) is 29.5 Å². The Morgan fingerprint density at radius 3 is 2.68 bits per heavy atom. The first kappa shape index (κ1) is 17.9. The normalized spacial score (nSPS) is 17.6. The first-order valence-electron chi connectivity index (χ1n) is 8.33. The molecule has 0 atom stereocenters. The molecule has 2 aromatic rings. The minimum Gasteiger partial charge on any atom is -0.381 e. The highest BCUT2D eigenvalue weighted by Crippen LogP contribution is 2.37. The van der Waals surface area contributed by atoms with Crippen LogP contribution in [0.25, 0.3) is 0 Å². The van der Waals surface area contributed by atoms with Gasteiger partial charge in [-0.1, -0.05) is 18.2 Å². The van der Waals surface area contributed by atoms with Crippen LogP contribution in [0.1, 0.15) is 29.5 Å². The van der Waals surface area contributed by atoms with E-state index in [1.807, 2.05) is 13.2 Å². The van der Waals surface area contributed by atoms with E-state index >= 15 is 0 Å². The monoisotopic (exact) mass is 353 g/mol. The molecule has 1 aromatic carbocycles. The summed E-state index contributed by atoms with van der Waals surface area (Å²) in [6.07, 6.45) is 0.788. The van der Waals surface area contributed by atoms with Gasteiger partial charge in [0.05, 0.1) is 11.8 Å². The molecule has 1 aliphatic heterocycles. The molecule has 3 rings (SSSR count). The van der Waals surface area contributed by atoms with Gasteiger partial charge in [-0.3, -0.25) is 4.68 Å². The summed E-state index contributed by atoms with van der Waals surface area (Å²) in [5, 5.41) is 7.52. The van der Waals surface area contributed by atoms with Crippen molar-refractivity contribution in [3.05, 3.63) is 53.3 Å². The van der Waals surface area contributed by atoms with Gasteiger partial charge in [-0.2, -0.15) is 18.3 Å². The van der Waals surface area contributed by atoms with Crippen LogP contribution in [0.5, 0.6) is 0 Å². The van der Waals surface area contributed by atoms with Gasteiger partial charge in [-0.25, -0.2) is 0 Å². The number of nitrogens with one attached hydrogen (secondary N) is 1. The lowest BCUT2D eigenvalue weighted by Gasteiger charge is -2.38. The molecule has 0 spiro atoms. The summed E-state index contributed by atoms with van der Waals surface area (Å²) < 4.78 is 46.4. The maximum absolute atomic E-state index is 13.1. The maximum atomic E-state index is 13.1. The highest BCUT2D eigenvalue weighted by Gasteiger charge is 2.37. The lowest BCUT2D eigenvalue weighted by molar-refractivity contribution is -0.137. The summed E-state index contributed by atoms with van der Waals surface area (Å²) >= 11 is 0. The average molecular weight is 353 g/mol. The first-order valence-corrected chi connectivity index (χ1v) is 8.33. The molecule has 0 unspecified atom stereocenters. The number of rotatable bonds is 5. The van der Waals surface area contributed by atoms with Gasteiger partial charge >= 0.3 is 6.18 Å². The molecule has 1 fully saturated rings. The van der Waals surface area contributed by atoms with E-state index < -0.39 is 11.7 Å². The number of halogens is 3. The number of nitrogens with zero attached hydrogens (tertiary/aromatic N) is 2. The van der Waals surface area contributed by atoms with Gasteiger partial charge in [0, 0.05) is 50.5 Å². The fourth-order valence-corrected chi connectivity index (χ4v) is 3.36. The van der Waals surface area contributed by atoms with Crippen LogP contribution in [0.2, 0.25) is 0 Å². The molecule has 1 N–H and O–H groups in total. The topological polar surface area (TPSA) is 39.1 Å². The molecule has 2 heterocycles. The SMILES string of the molecule is Cn1cc(CNCC2(c3cccc(C(F)(F)F)c3)CCOCC2)cn1. The largest absolute Gasteiger partial charge is 0.416 e. The van der Waals surface area contributed by atoms with Gasteiger partial charge in [0.2, 0.25) is 0 Å². The Hall–Kier alpha value is -1.86. The van der Waals surface area contributed by atoms with Gasteiger partial charge in [-0.15, -0.1) is 0 Å². The molecule has 0 saturated carbocycles. The van der Waals surface area contributed by atoms with Crippen LogP contribution in [0.4, 0.5) is 13.2 Å². The van der Waals surface area contributed by atoms with Gasteiger partial charge in [0.25, 0.3) is 0 Å². The predicted molar refractivity (Wildman–Crippen MR) is 88.1 cm³/mol. The number of benzene rings is 1. The van der Waals surface area contributed by atoms with E-state index in [0.29, 0.717) is 39.1 Å². The second-order valence-electron chi connectivity index (χ2n) is 6.60. The molecule has 1 aliphatic rings. The Morgan fingerprint density at radius 1 is 1.28 bits per heavy atom. The molecule has 136 valence electrons. The highest BCUT2D eigenvalue weighted by molar-refractivity contribution is 5.33. The Balaban J connectivity index is 1.78. The summed E-state index contributed by atoms with van der Waals surface area (Å²) in [6, 6.07) is 5.71. The molecule has 1 saturated heterocycles. The zero-order chi connectivity index (χ0) is 17.9. The number of ether oxygens (including phenoxy) is 1. The summed E-state index contributed by atoms with van der Waals surface area (Å²) in [5.41, 5.74) is 0.836. The first-order chi connectivity index (χ1) is 11.9. The highest BCUT2D eigenvalue weighted by atomic mass is 19.4. The summed E-state index contributed by atoms with van der Waals surface area (Å²) in [6.45, 7) is 2.36. The lowest BCUT2D eigenvalue weighted by atomic mass is 9.73. The van der Waals surface area contributed by atoms with Crippen LogP contribution in [0, 0.1) is 0 Å². The van der Waals surface area contributed by atoms with Crippen molar-refractivity contribution in [3.8, 4) is 0 Å². The van der Waals surface area contributed by atoms with Gasteiger partial charge in [0.15, 0.2) is 0 Å². The fourth-order valence-electron chi connectivity index (χ4n) is 3.36. The molecule has 0 aliphatic carbocycles. The molecule has 7 heteroatoms. The molecule has 0 amide bonds. The molecule has 1 aromatic heterocycles. The van der Waals surface area contributed by atoms with Gasteiger partial charge in [-0.05, 0) is 24.5 Å². The number of hydrogen-bond donors (Lipinski definition) is 1. The van der Waals surface area contributed by atoms with Gasteiger partial charge < -0.3 is 10.1 Å². The van der Waals surface area contributed by atoms with Crippen LogP contribution < -0.4 is 5.32 Å². The van der Waals surface area contributed by atoms with E-state index in [2.05, 4.69) is 10.4 Å². The van der Waals surface area contributed by atoms with Crippen LogP contribution in [0.15, 0.2) is 36.7 Å². The fraction of sp³-hybridized carbons (Fsp3) is 0.500. The van der Waals surface area contributed by atoms with Crippen LogP contribution in [0.3, 0.4) is 0 Å². The zero-order valence-electron chi connectivity index (χ0n) is 14.1.